The van der Waals surface area contributed by atoms with Crippen LogP contribution in [0.5, 0.6) is 0 Å². The molecule has 4 rings (SSSR count). The van der Waals surface area contributed by atoms with Gasteiger partial charge < -0.3 is 16.0 Å². The highest BCUT2D eigenvalue weighted by atomic mass is 14.9. The lowest BCUT2D eigenvalue weighted by Crippen LogP contribution is -2.13. The van der Waals surface area contributed by atoms with Gasteiger partial charge in [0.05, 0.1) is 22.2 Å². The summed E-state index contributed by atoms with van der Waals surface area (Å²) in [5.41, 5.74) is 10.9. The zero-order valence-corrected chi connectivity index (χ0v) is 11.6. The van der Waals surface area contributed by atoms with Gasteiger partial charge in [0.25, 0.3) is 0 Å². The lowest BCUT2D eigenvalue weighted by atomic mass is 10.1. The van der Waals surface area contributed by atoms with Gasteiger partial charge >= 0.3 is 0 Å². The smallest absolute Gasteiger partial charge is 0.0986 e. The Morgan fingerprint density at radius 1 is 1.00 bits per heavy atom. The molecule has 0 fully saturated rings. The van der Waals surface area contributed by atoms with E-state index >= 15 is 0 Å². The van der Waals surface area contributed by atoms with E-state index in [0.717, 1.165) is 45.1 Å². The number of benzene rings is 2. The number of H-pyrrole nitrogens is 1. The van der Waals surface area contributed by atoms with E-state index in [9.17, 15) is 0 Å². The topological polar surface area (TPSA) is 66.7 Å². The highest BCUT2D eigenvalue weighted by Gasteiger charge is 2.13. The SMILES string of the molecule is NCCNc1c2ccccc2nc2c1[nH]c1ccccc12. The van der Waals surface area contributed by atoms with Gasteiger partial charge in [-0.15, -0.1) is 0 Å². The molecule has 0 aliphatic rings. The van der Waals surface area contributed by atoms with Crippen molar-refractivity contribution in [1.82, 2.24) is 9.97 Å². The van der Waals surface area contributed by atoms with Crippen molar-refractivity contribution in [3.63, 3.8) is 0 Å². The number of para-hydroxylation sites is 2. The van der Waals surface area contributed by atoms with Crippen molar-refractivity contribution in [2.24, 2.45) is 5.73 Å². The van der Waals surface area contributed by atoms with Crippen molar-refractivity contribution in [3.05, 3.63) is 48.5 Å². The molecule has 4 nitrogen and oxygen atoms in total. The van der Waals surface area contributed by atoms with Gasteiger partial charge in [0.1, 0.15) is 0 Å². The molecule has 104 valence electrons. The highest BCUT2D eigenvalue weighted by Crippen LogP contribution is 2.34. The lowest BCUT2D eigenvalue weighted by Gasteiger charge is -2.10. The van der Waals surface area contributed by atoms with Crippen LogP contribution in [0.2, 0.25) is 0 Å². The summed E-state index contributed by atoms with van der Waals surface area (Å²) < 4.78 is 0. The molecular formula is C17H16N4. The van der Waals surface area contributed by atoms with Gasteiger partial charge in [0.2, 0.25) is 0 Å². The number of pyridine rings is 1. The number of nitrogens with zero attached hydrogens (tertiary/aromatic N) is 1. The molecule has 4 aromatic rings. The van der Waals surface area contributed by atoms with E-state index in [2.05, 4.69) is 28.5 Å². The Hall–Kier alpha value is -2.59. The molecule has 2 aromatic heterocycles. The van der Waals surface area contributed by atoms with Crippen molar-refractivity contribution < 1.29 is 0 Å². The van der Waals surface area contributed by atoms with Gasteiger partial charge in [0.15, 0.2) is 0 Å². The molecule has 0 aliphatic carbocycles. The number of hydrogen-bond donors (Lipinski definition) is 3. The van der Waals surface area contributed by atoms with Gasteiger partial charge in [0, 0.05) is 29.4 Å². The number of aromatic nitrogens is 2. The first-order valence-electron chi connectivity index (χ1n) is 7.11. The number of hydrogen-bond acceptors (Lipinski definition) is 3. The van der Waals surface area contributed by atoms with E-state index < -0.39 is 0 Å². The van der Waals surface area contributed by atoms with Gasteiger partial charge in [-0.3, -0.25) is 0 Å². The monoisotopic (exact) mass is 276 g/mol. The molecule has 0 radical (unpaired) electrons. The van der Waals surface area contributed by atoms with Crippen LogP contribution in [0.25, 0.3) is 32.8 Å². The number of fused-ring (bicyclic) bond motifs is 4. The summed E-state index contributed by atoms with van der Waals surface area (Å²) in [6, 6.07) is 16.4. The standard InChI is InChI=1S/C17H16N4/c18-9-10-19-15-11-5-1-3-7-13(11)20-16-12-6-2-4-8-14(12)21-17(15)16/h1-8,21H,9-10,18H2,(H,19,20). The molecule has 2 aromatic carbocycles. The largest absolute Gasteiger partial charge is 0.381 e. The number of anilines is 1. The first-order valence-corrected chi connectivity index (χ1v) is 7.11. The summed E-state index contributed by atoms with van der Waals surface area (Å²) in [6.45, 7) is 1.33. The molecule has 0 atom stereocenters. The summed E-state index contributed by atoms with van der Waals surface area (Å²) in [5, 5.41) is 5.71. The second-order valence-electron chi connectivity index (χ2n) is 5.11. The van der Waals surface area contributed by atoms with Gasteiger partial charge in [-0.2, -0.15) is 0 Å². The lowest BCUT2D eigenvalue weighted by molar-refractivity contribution is 1.03. The van der Waals surface area contributed by atoms with Gasteiger partial charge in [-0.05, 0) is 12.1 Å². The van der Waals surface area contributed by atoms with E-state index in [1.165, 1.54) is 0 Å². The van der Waals surface area contributed by atoms with Crippen molar-refractivity contribution in [3.8, 4) is 0 Å². The third-order valence-corrected chi connectivity index (χ3v) is 3.78. The number of aromatic amines is 1. The van der Waals surface area contributed by atoms with Crippen LogP contribution in [0.15, 0.2) is 48.5 Å². The Labute approximate surface area is 122 Å². The molecular weight excluding hydrogens is 260 g/mol. The second-order valence-corrected chi connectivity index (χ2v) is 5.11. The van der Waals surface area contributed by atoms with E-state index in [0.29, 0.717) is 6.54 Å². The Morgan fingerprint density at radius 3 is 2.62 bits per heavy atom. The maximum absolute atomic E-state index is 5.65. The molecule has 0 saturated heterocycles. The minimum absolute atomic E-state index is 0.596. The van der Waals surface area contributed by atoms with Crippen LogP contribution in [0, 0.1) is 0 Å². The predicted octanol–water partition coefficient (Wildman–Crippen LogP) is 3.24. The predicted molar refractivity (Wildman–Crippen MR) is 88.6 cm³/mol. The third kappa shape index (κ3) is 1.84. The van der Waals surface area contributed by atoms with E-state index in [1.54, 1.807) is 0 Å². The van der Waals surface area contributed by atoms with Crippen molar-refractivity contribution >= 4 is 38.5 Å². The molecule has 0 spiro atoms. The number of nitrogens with one attached hydrogen (secondary N) is 2. The summed E-state index contributed by atoms with van der Waals surface area (Å²) in [4.78, 5) is 8.31. The van der Waals surface area contributed by atoms with Crippen LogP contribution >= 0.6 is 0 Å². The van der Waals surface area contributed by atoms with Crippen LogP contribution < -0.4 is 11.1 Å². The van der Waals surface area contributed by atoms with Crippen LogP contribution in [-0.2, 0) is 0 Å². The fourth-order valence-electron chi connectivity index (χ4n) is 2.84. The summed E-state index contributed by atoms with van der Waals surface area (Å²) >= 11 is 0. The maximum Gasteiger partial charge on any atom is 0.0986 e. The Bertz CT molecular complexity index is 939. The Balaban J connectivity index is 2.15. The average molecular weight is 276 g/mol. The summed E-state index contributed by atoms with van der Waals surface area (Å²) in [7, 11) is 0. The highest BCUT2D eigenvalue weighted by molar-refractivity contribution is 6.15. The quantitative estimate of drug-likeness (QED) is 0.538. The molecule has 21 heavy (non-hydrogen) atoms. The second kappa shape index (κ2) is 4.75. The molecule has 0 unspecified atom stereocenters. The van der Waals surface area contributed by atoms with Gasteiger partial charge in [-0.1, -0.05) is 36.4 Å². The summed E-state index contributed by atoms with van der Waals surface area (Å²) in [5.74, 6) is 0. The zero-order chi connectivity index (χ0) is 14.2. The van der Waals surface area contributed by atoms with Crippen LogP contribution in [0.4, 0.5) is 5.69 Å². The molecule has 4 heteroatoms. The van der Waals surface area contributed by atoms with E-state index in [4.69, 9.17) is 10.7 Å². The van der Waals surface area contributed by atoms with Crippen molar-refractivity contribution in [2.45, 2.75) is 0 Å². The minimum atomic E-state index is 0.596. The maximum atomic E-state index is 5.65. The molecule has 0 amide bonds. The van der Waals surface area contributed by atoms with E-state index in [-0.39, 0.29) is 0 Å². The zero-order valence-electron chi connectivity index (χ0n) is 11.6. The van der Waals surface area contributed by atoms with Gasteiger partial charge in [-0.25, -0.2) is 4.98 Å². The third-order valence-electron chi connectivity index (χ3n) is 3.78. The average Bonchev–Trinajstić information content (AvgIpc) is 2.90. The Morgan fingerprint density at radius 2 is 1.76 bits per heavy atom. The van der Waals surface area contributed by atoms with Crippen LogP contribution in [0.1, 0.15) is 0 Å². The normalized spacial score (nSPS) is 11.5. The van der Waals surface area contributed by atoms with Crippen LogP contribution in [0.3, 0.4) is 0 Å². The molecule has 4 N–H and O–H groups in total. The minimum Gasteiger partial charge on any atom is -0.381 e. The molecule has 0 saturated carbocycles. The Kier molecular flexibility index (Phi) is 2.75. The molecule has 0 bridgehead atoms. The van der Waals surface area contributed by atoms with Crippen LogP contribution in [-0.4, -0.2) is 23.1 Å². The van der Waals surface area contributed by atoms with Crippen molar-refractivity contribution in [1.29, 1.82) is 0 Å². The number of rotatable bonds is 3. The molecule has 0 aliphatic heterocycles. The van der Waals surface area contributed by atoms with E-state index in [1.807, 2.05) is 30.3 Å². The summed E-state index contributed by atoms with van der Waals surface area (Å²) in [6.07, 6.45) is 0. The van der Waals surface area contributed by atoms with Crippen molar-refractivity contribution in [2.75, 3.05) is 18.4 Å². The first-order chi connectivity index (χ1) is 10.4. The fraction of sp³-hybridized carbons (Fsp3) is 0.118. The first kappa shape index (κ1) is 12.2. The number of nitrogens with two attached hydrogens (primary N) is 1. The fourth-order valence-corrected chi connectivity index (χ4v) is 2.84. The molecule has 2 heterocycles.